The smallest absolute Gasteiger partial charge is 0.238 e. The van der Waals surface area contributed by atoms with E-state index in [1.807, 2.05) is 11.8 Å². The van der Waals surface area contributed by atoms with E-state index in [0.717, 1.165) is 0 Å². The lowest BCUT2D eigenvalue weighted by Gasteiger charge is -2.19. The van der Waals surface area contributed by atoms with E-state index in [1.54, 1.807) is 37.4 Å². The molecule has 10 heteroatoms. The molecule has 2 amide bonds. The van der Waals surface area contributed by atoms with Crippen LogP contribution in [0.4, 0.5) is 11.4 Å². The topological polar surface area (TPSA) is 131 Å². The summed E-state index contributed by atoms with van der Waals surface area (Å²) in [6.07, 6.45) is 0.139. The van der Waals surface area contributed by atoms with Crippen molar-refractivity contribution in [3.05, 3.63) is 48.5 Å². The lowest BCUT2D eigenvalue weighted by molar-refractivity contribution is -0.119. The molecule has 0 aliphatic rings. The summed E-state index contributed by atoms with van der Waals surface area (Å²) in [4.78, 5) is 26.2. The number of amides is 2. The number of primary sulfonamides is 1. The number of nitrogens with zero attached hydrogens (tertiary/aromatic N) is 1. The summed E-state index contributed by atoms with van der Waals surface area (Å²) in [5.74, 6) is 0.142. The molecule has 4 N–H and O–H groups in total. The van der Waals surface area contributed by atoms with Crippen molar-refractivity contribution in [1.29, 1.82) is 0 Å². The predicted molar refractivity (Wildman–Crippen MR) is 115 cm³/mol. The third kappa shape index (κ3) is 7.47. The van der Waals surface area contributed by atoms with E-state index >= 15 is 0 Å². The predicted octanol–water partition coefficient (Wildman–Crippen LogP) is 1.63. The summed E-state index contributed by atoms with van der Waals surface area (Å²) < 4.78 is 27.9. The molecule has 2 rings (SSSR count). The lowest BCUT2D eigenvalue weighted by atomic mass is 10.3. The number of nitrogens with one attached hydrogen (secondary N) is 2. The van der Waals surface area contributed by atoms with Gasteiger partial charge in [0.2, 0.25) is 21.8 Å². The average Bonchev–Trinajstić information content (AvgIpc) is 2.70. The fourth-order valence-corrected chi connectivity index (χ4v) is 3.25. The number of benzene rings is 2. The molecule has 0 aromatic heterocycles. The van der Waals surface area contributed by atoms with Crippen molar-refractivity contribution >= 4 is 33.2 Å². The lowest BCUT2D eigenvalue weighted by Crippen LogP contribution is -2.35. The number of rotatable bonds is 10. The molecule has 0 bridgehead atoms. The van der Waals surface area contributed by atoms with E-state index in [-0.39, 0.29) is 29.7 Å². The van der Waals surface area contributed by atoms with Gasteiger partial charge in [-0.2, -0.15) is 0 Å². The van der Waals surface area contributed by atoms with Gasteiger partial charge in [-0.25, -0.2) is 13.6 Å². The molecule has 0 fully saturated rings. The Morgan fingerprint density at radius 2 is 1.67 bits per heavy atom. The Morgan fingerprint density at radius 3 is 2.30 bits per heavy atom. The maximum absolute atomic E-state index is 12.3. The van der Waals surface area contributed by atoms with Gasteiger partial charge in [0, 0.05) is 30.4 Å². The second kappa shape index (κ2) is 10.7. The van der Waals surface area contributed by atoms with E-state index in [1.165, 1.54) is 18.2 Å². The largest absolute Gasteiger partial charge is 0.497 e. The highest BCUT2D eigenvalue weighted by atomic mass is 32.2. The number of nitrogens with two attached hydrogens (primary N) is 1. The fraction of sp³-hybridized carbons (Fsp3) is 0.300. The Labute approximate surface area is 176 Å². The fourth-order valence-electron chi connectivity index (χ4n) is 2.69. The molecule has 0 saturated heterocycles. The third-order valence-electron chi connectivity index (χ3n) is 4.27. The van der Waals surface area contributed by atoms with Crippen molar-refractivity contribution in [3.63, 3.8) is 0 Å². The first kappa shape index (κ1) is 23.3. The summed E-state index contributed by atoms with van der Waals surface area (Å²) in [7, 11) is -2.29. The molecule has 162 valence electrons. The zero-order valence-corrected chi connectivity index (χ0v) is 17.7. The molecule has 9 nitrogen and oxygen atoms in total. The summed E-state index contributed by atoms with van der Waals surface area (Å²) in [5, 5.41) is 10.5. The normalized spacial score (nSPS) is 11.2. The van der Waals surface area contributed by atoms with Crippen LogP contribution in [0.5, 0.6) is 5.75 Å². The van der Waals surface area contributed by atoms with E-state index in [2.05, 4.69) is 10.6 Å². The van der Waals surface area contributed by atoms with Gasteiger partial charge < -0.3 is 15.4 Å². The Morgan fingerprint density at radius 1 is 1.03 bits per heavy atom. The Balaban J connectivity index is 1.85. The number of carbonyl (C=O) groups is 2. The van der Waals surface area contributed by atoms with Crippen molar-refractivity contribution in [3.8, 4) is 5.75 Å². The van der Waals surface area contributed by atoms with Gasteiger partial charge in [-0.1, -0.05) is 19.1 Å². The van der Waals surface area contributed by atoms with Crippen molar-refractivity contribution in [2.45, 2.75) is 18.2 Å². The Hall–Kier alpha value is -2.95. The van der Waals surface area contributed by atoms with Crippen LogP contribution in [0.1, 0.15) is 13.3 Å². The molecule has 0 aliphatic carbocycles. The van der Waals surface area contributed by atoms with Crippen LogP contribution in [0.3, 0.4) is 0 Å². The first-order chi connectivity index (χ1) is 14.2. The molecule has 0 spiro atoms. The molecule has 0 saturated carbocycles. The minimum absolute atomic E-state index is 0.0790. The highest BCUT2D eigenvalue weighted by molar-refractivity contribution is 7.89. The van der Waals surface area contributed by atoms with E-state index in [4.69, 9.17) is 9.88 Å². The second-order valence-corrected chi connectivity index (χ2v) is 8.08. The Bertz CT molecular complexity index is 994. The number of methoxy groups -OCH3 is 1. The van der Waals surface area contributed by atoms with Gasteiger partial charge in [0.1, 0.15) is 5.75 Å². The summed E-state index contributed by atoms with van der Waals surface area (Å²) >= 11 is 0. The molecular weight excluding hydrogens is 408 g/mol. The first-order valence-corrected chi connectivity index (χ1v) is 10.8. The molecule has 0 atom stereocenters. The van der Waals surface area contributed by atoms with Crippen molar-refractivity contribution in [2.75, 3.05) is 37.4 Å². The zero-order valence-electron chi connectivity index (χ0n) is 16.9. The maximum Gasteiger partial charge on any atom is 0.238 e. The first-order valence-electron chi connectivity index (χ1n) is 9.30. The molecule has 2 aromatic carbocycles. The van der Waals surface area contributed by atoms with Crippen molar-refractivity contribution in [2.24, 2.45) is 5.14 Å². The molecule has 2 aromatic rings. The van der Waals surface area contributed by atoms with Gasteiger partial charge >= 0.3 is 0 Å². The summed E-state index contributed by atoms with van der Waals surface area (Å²) in [6.45, 7) is 2.97. The highest BCUT2D eigenvalue weighted by Gasteiger charge is 2.13. The van der Waals surface area contributed by atoms with Gasteiger partial charge in [0.05, 0.1) is 18.6 Å². The number of carbonyl (C=O) groups excluding carboxylic acids is 2. The minimum atomic E-state index is -3.85. The Kier molecular flexibility index (Phi) is 8.34. The van der Waals surface area contributed by atoms with Crippen LogP contribution in [-0.4, -0.2) is 51.9 Å². The van der Waals surface area contributed by atoms with Crippen molar-refractivity contribution < 1.29 is 22.7 Å². The summed E-state index contributed by atoms with van der Waals surface area (Å²) in [5.41, 5.74) is 0.966. The van der Waals surface area contributed by atoms with E-state index in [9.17, 15) is 18.0 Å². The molecule has 0 radical (unpaired) electrons. The van der Waals surface area contributed by atoms with E-state index in [0.29, 0.717) is 30.2 Å². The average molecular weight is 435 g/mol. The molecule has 0 heterocycles. The molecule has 0 aliphatic heterocycles. The van der Waals surface area contributed by atoms with Gasteiger partial charge in [-0.05, 0) is 36.9 Å². The van der Waals surface area contributed by atoms with Crippen LogP contribution in [0.15, 0.2) is 53.4 Å². The van der Waals surface area contributed by atoms with Gasteiger partial charge in [0.15, 0.2) is 0 Å². The number of likely N-dealkylation sites (N-methyl/N-ethyl adjacent to an activating group) is 1. The van der Waals surface area contributed by atoms with Crippen LogP contribution in [-0.2, 0) is 19.6 Å². The third-order valence-corrected chi connectivity index (χ3v) is 5.18. The van der Waals surface area contributed by atoms with Crippen LogP contribution in [0.2, 0.25) is 0 Å². The van der Waals surface area contributed by atoms with Gasteiger partial charge in [0.25, 0.3) is 0 Å². The number of hydrogen-bond acceptors (Lipinski definition) is 6. The van der Waals surface area contributed by atoms with Gasteiger partial charge in [-0.3, -0.25) is 14.5 Å². The monoisotopic (exact) mass is 434 g/mol. The van der Waals surface area contributed by atoms with Crippen molar-refractivity contribution in [1.82, 2.24) is 4.90 Å². The molecular formula is C20H26N4O5S. The van der Waals surface area contributed by atoms with Crippen LogP contribution in [0, 0.1) is 0 Å². The maximum atomic E-state index is 12.3. The van der Waals surface area contributed by atoms with Gasteiger partial charge in [-0.15, -0.1) is 0 Å². The van der Waals surface area contributed by atoms with E-state index < -0.39 is 10.0 Å². The zero-order chi connectivity index (χ0) is 22.1. The highest BCUT2D eigenvalue weighted by Crippen LogP contribution is 2.17. The number of ether oxygens (including phenoxy) is 1. The molecule has 0 unspecified atom stereocenters. The standard InChI is InChI=1S/C20H26N4O5S/c1-3-24(14-20(26)23-15-6-4-8-17(12-15)29-2)11-10-19(25)22-16-7-5-9-18(13-16)30(21,27)28/h4-9,12-13H,3,10-11,14H2,1-2H3,(H,22,25)(H,23,26)(H2,21,27,28). The van der Waals surface area contributed by atoms with Crippen LogP contribution >= 0.6 is 0 Å². The summed E-state index contributed by atoms with van der Waals surface area (Å²) in [6, 6.07) is 12.8. The number of anilines is 2. The number of sulfonamides is 1. The van der Waals surface area contributed by atoms with Crippen LogP contribution in [0.25, 0.3) is 0 Å². The van der Waals surface area contributed by atoms with Crippen LogP contribution < -0.4 is 20.5 Å². The quantitative estimate of drug-likeness (QED) is 0.521. The SMILES string of the molecule is CCN(CCC(=O)Nc1cccc(S(N)(=O)=O)c1)CC(=O)Nc1cccc(OC)c1. The minimum Gasteiger partial charge on any atom is -0.497 e. The molecule has 30 heavy (non-hydrogen) atoms. The number of hydrogen-bond donors (Lipinski definition) is 3. The second-order valence-electron chi connectivity index (χ2n) is 6.52.